The van der Waals surface area contributed by atoms with Gasteiger partial charge in [-0.1, -0.05) is 41.4 Å². The minimum absolute atomic E-state index is 0.0659. The average molecular weight is 345 g/mol. The quantitative estimate of drug-likeness (QED) is 0.822. The van der Waals surface area contributed by atoms with Crippen molar-refractivity contribution >= 4 is 33.0 Å². The number of methoxy groups -OCH3 is 1. The number of hydrogen-bond donors (Lipinski definition) is 0. The molecule has 0 aliphatic carbocycles. The molecule has 0 heterocycles. The maximum atomic E-state index is 12.3. The lowest BCUT2D eigenvalue weighted by Crippen LogP contribution is -2.10. The first-order valence-corrected chi connectivity index (χ1v) is 8.65. The Kier molecular flexibility index (Phi) is 5.14. The van der Waals surface area contributed by atoms with E-state index in [0.29, 0.717) is 26.3 Å². The molecule has 0 radical (unpaired) electrons. The van der Waals surface area contributed by atoms with Gasteiger partial charge in [0.2, 0.25) is 0 Å². The SMILES string of the molecule is COc1ccc(Cl)c(CCS(=O)(=O)c2ccccc2)c1Cl. The highest BCUT2D eigenvalue weighted by Crippen LogP contribution is 2.34. The standard InChI is InChI=1S/C15H14Cl2O3S/c1-20-14-8-7-13(16)12(15(14)17)9-10-21(18,19)11-5-3-2-4-6-11/h2-8H,9-10H2,1H3. The van der Waals surface area contributed by atoms with Crippen LogP contribution in [0.1, 0.15) is 5.56 Å². The molecule has 0 amide bonds. The van der Waals surface area contributed by atoms with Crippen LogP contribution in [0.25, 0.3) is 0 Å². The van der Waals surface area contributed by atoms with E-state index < -0.39 is 9.84 Å². The van der Waals surface area contributed by atoms with Gasteiger partial charge in [0.05, 0.1) is 22.8 Å². The lowest BCUT2D eigenvalue weighted by Gasteiger charge is -2.11. The van der Waals surface area contributed by atoms with Crippen LogP contribution < -0.4 is 4.74 Å². The van der Waals surface area contributed by atoms with E-state index in [-0.39, 0.29) is 12.2 Å². The first-order chi connectivity index (χ1) is 9.95. The molecule has 0 aliphatic heterocycles. The first-order valence-electron chi connectivity index (χ1n) is 6.24. The summed E-state index contributed by atoms with van der Waals surface area (Å²) < 4.78 is 29.6. The molecule has 0 N–H and O–H groups in total. The normalized spacial score (nSPS) is 11.4. The van der Waals surface area contributed by atoms with Gasteiger partial charge in [-0.3, -0.25) is 0 Å². The molecule has 0 saturated heterocycles. The van der Waals surface area contributed by atoms with E-state index in [1.54, 1.807) is 42.5 Å². The number of halogens is 2. The molecule has 2 rings (SSSR count). The predicted octanol–water partition coefficient (Wildman–Crippen LogP) is 4.02. The van der Waals surface area contributed by atoms with E-state index in [1.165, 1.54) is 7.11 Å². The topological polar surface area (TPSA) is 43.4 Å². The maximum absolute atomic E-state index is 12.3. The molecule has 112 valence electrons. The van der Waals surface area contributed by atoms with Crippen LogP contribution in [-0.4, -0.2) is 21.3 Å². The van der Waals surface area contributed by atoms with Gasteiger partial charge in [-0.15, -0.1) is 0 Å². The Bertz CT molecular complexity index is 728. The zero-order valence-corrected chi connectivity index (χ0v) is 13.7. The summed E-state index contributed by atoms with van der Waals surface area (Å²) in [6.45, 7) is 0. The number of benzene rings is 2. The number of ether oxygens (including phenoxy) is 1. The van der Waals surface area contributed by atoms with Gasteiger partial charge in [0.1, 0.15) is 5.75 Å². The fourth-order valence-electron chi connectivity index (χ4n) is 1.95. The van der Waals surface area contributed by atoms with Crippen LogP contribution in [0.5, 0.6) is 5.75 Å². The molecule has 0 aliphatic rings. The molecule has 0 aromatic heterocycles. The summed E-state index contributed by atoms with van der Waals surface area (Å²) in [5.74, 6) is 0.414. The molecule has 0 atom stereocenters. The second-order valence-electron chi connectivity index (χ2n) is 4.42. The summed E-state index contributed by atoms with van der Waals surface area (Å²) in [5.41, 5.74) is 0.581. The van der Waals surface area contributed by atoms with E-state index in [4.69, 9.17) is 27.9 Å². The van der Waals surface area contributed by atoms with Crippen LogP contribution >= 0.6 is 23.2 Å². The Morgan fingerprint density at radius 3 is 2.33 bits per heavy atom. The largest absolute Gasteiger partial charge is 0.495 e. The highest BCUT2D eigenvalue weighted by molar-refractivity contribution is 7.91. The highest BCUT2D eigenvalue weighted by atomic mass is 35.5. The van der Waals surface area contributed by atoms with Crippen LogP contribution in [-0.2, 0) is 16.3 Å². The number of hydrogen-bond acceptors (Lipinski definition) is 3. The van der Waals surface area contributed by atoms with Crippen LogP contribution in [0.4, 0.5) is 0 Å². The Morgan fingerprint density at radius 1 is 1.05 bits per heavy atom. The van der Waals surface area contributed by atoms with Crippen molar-refractivity contribution in [3.63, 3.8) is 0 Å². The third-order valence-corrected chi connectivity index (χ3v) is 5.59. The van der Waals surface area contributed by atoms with Gasteiger partial charge in [0.25, 0.3) is 0 Å². The molecule has 21 heavy (non-hydrogen) atoms. The van der Waals surface area contributed by atoms with Crippen LogP contribution in [0.3, 0.4) is 0 Å². The van der Waals surface area contributed by atoms with Crippen molar-refractivity contribution < 1.29 is 13.2 Å². The summed E-state index contributed by atoms with van der Waals surface area (Å²) in [7, 11) is -1.87. The van der Waals surface area contributed by atoms with Crippen LogP contribution in [0, 0.1) is 0 Å². The molecular weight excluding hydrogens is 331 g/mol. The summed E-state index contributed by atoms with van der Waals surface area (Å²) in [6.07, 6.45) is 0.228. The van der Waals surface area contributed by atoms with E-state index in [2.05, 4.69) is 0 Å². The number of sulfone groups is 1. The van der Waals surface area contributed by atoms with Gasteiger partial charge < -0.3 is 4.74 Å². The smallest absolute Gasteiger partial charge is 0.178 e. The Balaban J connectivity index is 2.25. The Hall–Kier alpha value is -1.23. The van der Waals surface area contributed by atoms with E-state index in [9.17, 15) is 8.42 Å². The van der Waals surface area contributed by atoms with Gasteiger partial charge in [-0.05, 0) is 36.2 Å². The summed E-state index contributed by atoms with van der Waals surface area (Å²) in [4.78, 5) is 0.292. The maximum Gasteiger partial charge on any atom is 0.178 e. The lowest BCUT2D eigenvalue weighted by molar-refractivity contribution is 0.414. The number of rotatable bonds is 5. The Labute approximate surface area is 134 Å². The molecule has 0 unspecified atom stereocenters. The van der Waals surface area contributed by atoms with Crippen molar-refractivity contribution in [2.75, 3.05) is 12.9 Å². The average Bonchev–Trinajstić information content (AvgIpc) is 2.48. The minimum atomic E-state index is -3.37. The van der Waals surface area contributed by atoms with E-state index >= 15 is 0 Å². The molecular formula is C15H14Cl2O3S. The summed E-state index contributed by atoms with van der Waals surface area (Å²) >= 11 is 12.3. The second-order valence-corrected chi connectivity index (χ2v) is 7.32. The molecule has 0 saturated carbocycles. The molecule has 6 heteroatoms. The van der Waals surface area contributed by atoms with Gasteiger partial charge in [-0.25, -0.2) is 8.42 Å². The van der Waals surface area contributed by atoms with Crippen molar-refractivity contribution in [1.82, 2.24) is 0 Å². The second kappa shape index (κ2) is 6.69. The monoisotopic (exact) mass is 344 g/mol. The zero-order valence-electron chi connectivity index (χ0n) is 11.3. The fraction of sp³-hybridized carbons (Fsp3) is 0.200. The van der Waals surface area contributed by atoms with Gasteiger partial charge in [0.15, 0.2) is 9.84 Å². The van der Waals surface area contributed by atoms with Crippen molar-refractivity contribution in [2.45, 2.75) is 11.3 Å². The predicted molar refractivity (Wildman–Crippen MR) is 85.2 cm³/mol. The molecule has 0 bridgehead atoms. The van der Waals surface area contributed by atoms with Crippen molar-refractivity contribution in [3.05, 3.63) is 58.1 Å². The van der Waals surface area contributed by atoms with Crippen LogP contribution in [0.15, 0.2) is 47.4 Å². The minimum Gasteiger partial charge on any atom is -0.495 e. The summed E-state index contributed by atoms with van der Waals surface area (Å²) in [5, 5.41) is 0.789. The van der Waals surface area contributed by atoms with Gasteiger partial charge >= 0.3 is 0 Å². The Morgan fingerprint density at radius 2 is 1.71 bits per heavy atom. The van der Waals surface area contributed by atoms with Crippen molar-refractivity contribution in [2.24, 2.45) is 0 Å². The highest BCUT2D eigenvalue weighted by Gasteiger charge is 2.17. The molecule has 3 nitrogen and oxygen atoms in total. The van der Waals surface area contributed by atoms with E-state index in [1.807, 2.05) is 0 Å². The molecule has 2 aromatic carbocycles. The van der Waals surface area contributed by atoms with Gasteiger partial charge in [0, 0.05) is 5.02 Å². The molecule has 0 spiro atoms. The van der Waals surface area contributed by atoms with E-state index in [0.717, 1.165) is 0 Å². The van der Waals surface area contributed by atoms with Crippen molar-refractivity contribution in [1.29, 1.82) is 0 Å². The molecule has 0 fully saturated rings. The zero-order chi connectivity index (χ0) is 15.5. The third-order valence-electron chi connectivity index (χ3n) is 3.09. The van der Waals surface area contributed by atoms with Crippen LogP contribution in [0.2, 0.25) is 10.0 Å². The summed E-state index contributed by atoms with van der Waals surface area (Å²) in [6, 6.07) is 11.6. The van der Waals surface area contributed by atoms with Gasteiger partial charge in [-0.2, -0.15) is 0 Å². The van der Waals surface area contributed by atoms with Crippen molar-refractivity contribution in [3.8, 4) is 5.75 Å². The third kappa shape index (κ3) is 3.70. The fourth-order valence-corrected chi connectivity index (χ4v) is 3.86. The molecule has 2 aromatic rings. The first kappa shape index (κ1) is 16.1. The lowest BCUT2D eigenvalue weighted by atomic mass is 10.1.